The first kappa shape index (κ1) is 15.9. The molecule has 0 unspecified atom stereocenters. The molecule has 0 fully saturated rings. The highest BCUT2D eigenvalue weighted by Gasteiger charge is 2.11. The molecule has 0 bridgehead atoms. The van der Waals surface area contributed by atoms with E-state index in [9.17, 15) is 0 Å². The van der Waals surface area contributed by atoms with Gasteiger partial charge in [0.2, 0.25) is 0 Å². The van der Waals surface area contributed by atoms with Crippen molar-refractivity contribution in [2.24, 2.45) is 0 Å². The summed E-state index contributed by atoms with van der Waals surface area (Å²) in [5.74, 6) is 1.60. The lowest BCUT2D eigenvalue weighted by Gasteiger charge is -2.15. The van der Waals surface area contributed by atoms with E-state index in [4.69, 9.17) is 15.2 Å². The van der Waals surface area contributed by atoms with E-state index >= 15 is 0 Å². The standard InChI is InChI=1S/C21H21NO2/c1-15-20(17-8-10-18(22)11-9-17)12-19(13-21(15)23-2)24-14-16-6-4-3-5-7-16/h3-13H,14,22H2,1-2H3. The molecule has 0 saturated carbocycles. The van der Waals surface area contributed by atoms with Gasteiger partial charge in [0.1, 0.15) is 18.1 Å². The summed E-state index contributed by atoms with van der Waals surface area (Å²) >= 11 is 0. The zero-order chi connectivity index (χ0) is 16.9. The fourth-order valence-electron chi connectivity index (χ4n) is 2.66. The van der Waals surface area contributed by atoms with Gasteiger partial charge in [0.25, 0.3) is 0 Å². The van der Waals surface area contributed by atoms with Crippen molar-refractivity contribution in [2.45, 2.75) is 13.5 Å². The van der Waals surface area contributed by atoms with Crippen molar-refractivity contribution in [1.82, 2.24) is 0 Å². The van der Waals surface area contributed by atoms with Gasteiger partial charge in [0.15, 0.2) is 0 Å². The molecule has 0 saturated heterocycles. The van der Waals surface area contributed by atoms with Crippen LogP contribution in [-0.2, 0) is 6.61 Å². The molecule has 3 aromatic carbocycles. The maximum atomic E-state index is 5.97. The normalized spacial score (nSPS) is 10.4. The number of benzene rings is 3. The van der Waals surface area contributed by atoms with Crippen LogP contribution in [0.1, 0.15) is 11.1 Å². The zero-order valence-electron chi connectivity index (χ0n) is 14.0. The maximum absolute atomic E-state index is 5.97. The lowest BCUT2D eigenvalue weighted by Crippen LogP contribution is -1.98. The second kappa shape index (κ2) is 7.09. The monoisotopic (exact) mass is 319 g/mol. The van der Waals surface area contributed by atoms with Crippen LogP contribution in [-0.4, -0.2) is 7.11 Å². The van der Waals surface area contributed by atoms with Crippen LogP contribution >= 0.6 is 0 Å². The lowest BCUT2D eigenvalue weighted by molar-refractivity contribution is 0.303. The van der Waals surface area contributed by atoms with Crippen LogP contribution < -0.4 is 15.2 Å². The van der Waals surface area contributed by atoms with E-state index in [1.807, 2.05) is 73.7 Å². The predicted molar refractivity (Wildman–Crippen MR) is 98.4 cm³/mol. The number of nitrogen functional groups attached to an aromatic ring is 1. The third kappa shape index (κ3) is 3.51. The summed E-state index contributed by atoms with van der Waals surface area (Å²) in [6.45, 7) is 2.57. The summed E-state index contributed by atoms with van der Waals surface area (Å²) in [5.41, 5.74) is 10.9. The first-order valence-electron chi connectivity index (χ1n) is 7.88. The molecule has 0 radical (unpaired) electrons. The third-order valence-electron chi connectivity index (χ3n) is 4.02. The Hall–Kier alpha value is -2.94. The minimum Gasteiger partial charge on any atom is -0.496 e. The fraction of sp³-hybridized carbons (Fsp3) is 0.143. The van der Waals surface area contributed by atoms with Crippen molar-refractivity contribution >= 4 is 5.69 Å². The average Bonchev–Trinajstić information content (AvgIpc) is 2.62. The molecule has 24 heavy (non-hydrogen) atoms. The molecule has 0 atom stereocenters. The maximum Gasteiger partial charge on any atom is 0.126 e. The molecule has 3 rings (SSSR count). The van der Waals surface area contributed by atoms with E-state index in [2.05, 4.69) is 0 Å². The quantitative estimate of drug-likeness (QED) is 0.685. The van der Waals surface area contributed by atoms with Gasteiger partial charge in [0.05, 0.1) is 7.11 Å². The lowest BCUT2D eigenvalue weighted by atomic mass is 9.99. The zero-order valence-corrected chi connectivity index (χ0v) is 14.0. The number of ether oxygens (including phenoxy) is 2. The molecular weight excluding hydrogens is 298 g/mol. The van der Waals surface area contributed by atoms with Crippen LogP contribution in [0.4, 0.5) is 5.69 Å². The van der Waals surface area contributed by atoms with E-state index in [-0.39, 0.29) is 0 Å². The Morgan fingerprint density at radius 3 is 2.29 bits per heavy atom. The highest BCUT2D eigenvalue weighted by Crippen LogP contribution is 2.35. The Labute approximate surface area is 142 Å². The van der Waals surface area contributed by atoms with E-state index < -0.39 is 0 Å². The minimum absolute atomic E-state index is 0.522. The molecule has 122 valence electrons. The number of anilines is 1. The molecule has 0 heterocycles. The van der Waals surface area contributed by atoms with Gasteiger partial charge >= 0.3 is 0 Å². The largest absolute Gasteiger partial charge is 0.496 e. The Balaban J connectivity index is 1.92. The third-order valence-corrected chi connectivity index (χ3v) is 4.02. The molecule has 3 nitrogen and oxygen atoms in total. The van der Waals surface area contributed by atoms with Gasteiger partial charge in [-0.05, 0) is 47.4 Å². The second-order valence-corrected chi connectivity index (χ2v) is 5.69. The molecule has 2 N–H and O–H groups in total. The molecule has 3 aromatic rings. The van der Waals surface area contributed by atoms with Crippen LogP contribution in [0.2, 0.25) is 0 Å². The van der Waals surface area contributed by atoms with E-state index in [0.717, 1.165) is 39.4 Å². The van der Waals surface area contributed by atoms with Crippen molar-refractivity contribution in [2.75, 3.05) is 12.8 Å². The van der Waals surface area contributed by atoms with Gasteiger partial charge in [-0.15, -0.1) is 0 Å². The number of nitrogens with two attached hydrogens (primary N) is 1. The Bertz CT molecular complexity index is 811. The van der Waals surface area contributed by atoms with Crippen molar-refractivity contribution in [3.05, 3.63) is 77.9 Å². The van der Waals surface area contributed by atoms with Crippen LogP contribution in [0.25, 0.3) is 11.1 Å². The molecular formula is C21H21NO2. The fourth-order valence-corrected chi connectivity index (χ4v) is 2.66. The summed E-state index contributed by atoms with van der Waals surface area (Å²) < 4.78 is 11.5. The summed E-state index contributed by atoms with van der Waals surface area (Å²) in [4.78, 5) is 0. The topological polar surface area (TPSA) is 44.5 Å². The highest BCUT2D eigenvalue weighted by molar-refractivity contribution is 5.73. The molecule has 0 amide bonds. The van der Waals surface area contributed by atoms with Crippen molar-refractivity contribution in [3.8, 4) is 22.6 Å². The minimum atomic E-state index is 0.522. The Morgan fingerprint density at radius 2 is 1.62 bits per heavy atom. The number of hydrogen-bond acceptors (Lipinski definition) is 3. The van der Waals surface area contributed by atoms with Crippen LogP contribution in [0, 0.1) is 6.92 Å². The molecule has 0 spiro atoms. The summed E-state index contributed by atoms with van der Waals surface area (Å²) in [6, 6.07) is 21.9. The van der Waals surface area contributed by atoms with Gasteiger partial charge in [-0.25, -0.2) is 0 Å². The van der Waals surface area contributed by atoms with Gasteiger partial charge in [-0.1, -0.05) is 42.5 Å². The average molecular weight is 319 g/mol. The van der Waals surface area contributed by atoms with Crippen molar-refractivity contribution in [1.29, 1.82) is 0 Å². The Kier molecular flexibility index (Phi) is 4.71. The summed E-state index contributed by atoms with van der Waals surface area (Å²) in [7, 11) is 1.68. The second-order valence-electron chi connectivity index (χ2n) is 5.69. The van der Waals surface area contributed by atoms with Gasteiger partial charge in [0, 0.05) is 11.8 Å². The molecule has 0 aromatic heterocycles. The van der Waals surface area contributed by atoms with E-state index in [1.165, 1.54) is 0 Å². The summed E-state index contributed by atoms with van der Waals surface area (Å²) in [6.07, 6.45) is 0. The molecule has 0 aliphatic carbocycles. The summed E-state index contributed by atoms with van der Waals surface area (Å²) in [5, 5.41) is 0. The van der Waals surface area contributed by atoms with E-state index in [0.29, 0.717) is 6.61 Å². The first-order chi connectivity index (χ1) is 11.7. The smallest absolute Gasteiger partial charge is 0.126 e. The number of rotatable bonds is 5. The van der Waals surface area contributed by atoms with E-state index in [1.54, 1.807) is 7.11 Å². The van der Waals surface area contributed by atoms with Crippen molar-refractivity contribution < 1.29 is 9.47 Å². The highest BCUT2D eigenvalue weighted by atomic mass is 16.5. The predicted octanol–water partition coefficient (Wildman–Crippen LogP) is 4.83. The van der Waals surface area contributed by atoms with Crippen LogP contribution in [0.3, 0.4) is 0 Å². The van der Waals surface area contributed by atoms with Gasteiger partial charge in [-0.2, -0.15) is 0 Å². The van der Waals surface area contributed by atoms with Gasteiger partial charge < -0.3 is 15.2 Å². The first-order valence-corrected chi connectivity index (χ1v) is 7.88. The molecule has 0 aliphatic rings. The number of hydrogen-bond donors (Lipinski definition) is 1. The number of methoxy groups -OCH3 is 1. The van der Waals surface area contributed by atoms with Crippen LogP contribution in [0.15, 0.2) is 66.7 Å². The Morgan fingerprint density at radius 1 is 0.917 bits per heavy atom. The van der Waals surface area contributed by atoms with Crippen molar-refractivity contribution in [3.63, 3.8) is 0 Å². The van der Waals surface area contributed by atoms with Crippen LogP contribution in [0.5, 0.6) is 11.5 Å². The SMILES string of the molecule is COc1cc(OCc2ccccc2)cc(-c2ccc(N)cc2)c1C. The molecule has 0 aliphatic heterocycles. The molecule has 3 heteroatoms. The van der Waals surface area contributed by atoms with Gasteiger partial charge in [-0.3, -0.25) is 0 Å².